The molecule has 0 radical (unpaired) electrons. The molecule has 1 saturated heterocycles. The molecule has 1 fully saturated rings. The molecule has 0 aromatic heterocycles. The van der Waals surface area contributed by atoms with Crippen LogP contribution >= 0.6 is 0 Å². The van der Waals surface area contributed by atoms with Gasteiger partial charge in [0, 0.05) is 26.2 Å². The van der Waals surface area contributed by atoms with Gasteiger partial charge in [-0.25, -0.2) is 13.1 Å². The van der Waals surface area contributed by atoms with Gasteiger partial charge in [0.15, 0.2) is 0 Å². The Balaban J connectivity index is 2.39. The zero-order chi connectivity index (χ0) is 15.9. The second-order valence-electron chi connectivity index (χ2n) is 5.81. The minimum atomic E-state index is -3.20. The summed E-state index contributed by atoms with van der Waals surface area (Å²) in [5.74, 6) is 0.456. The van der Waals surface area contributed by atoms with Crippen LogP contribution in [0.5, 0.6) is 0 Å². The van der Waals surface area contributed by atoms with Crippen LogP contribution in [-0.2, 0) is 14.8 Å². The Morgan fingerprint density at radius 3 is 2.29 bits per heavy atom. The Labute approximate surface area is 128 Å². The van der Waals surface area contributed by atoms with Crippen molar-refractivity contribution in [3.63, 3.8) is 0 Å². The number of nitrogens with zero attached hydrogens (tertiary/aromatic N) is 1. The number of hydrogen-bond acceptors (Lipinski definition) is 4. The predicted octanol–water partition coefficient (Wildman–Crippen LogP) is 0.552. The van der Waals surface area contributed by atoms with E-state index in [2.05, 4.69) is 14.9 Å². The fraction of sp³-hybridized carbons (Fsp3) is 0.929. The molecule has 0 saturated carbocycles. The van der Waals surface area contributed by atoms with Crippen molar-refractivity contribution in [3.05, 3.63) is 0 Å². The normalized spacial score (nSPS) is 18.1. The summed E-state index contributed by atoms with van der Waals surface area (Å²) in [5, 5.41) is 2.60. The van der Waals surface area contributed by atoms with E-state index < -0.39 is 10.0 Å². The number of carbonyl (C=O) groups is 1. The maximum atomic E-state index is 12.1. The molecule has 0 aromatic rings. The van der Waals surface area contributed by atoms with Gasteiger partial charge in [-0.1, -0.05) is 26.7 Å². The molecule has 1 rings (SSSR count). The van der Waals surface area contributed by atoms with Gasteiger partial charge in [0.2, 0.25) is 15.9 Å². The van der Waals surface area contributed by atoms with Crippen LogP contribution in [0.4, 0.5) is 0 Å². The maximum absolute atomic E-state index is 12.1. The second-order valence-corrected chi connectivity index (χ2v) is 7.60. The van der Waals surface area contributed by atoms with Crippen LogP contribution in [0.25, 0.3) is 0 Å². The molecule has 0 unspecified atom stereocenters. The van der Waals surface area contributed by atoms with Gasteiger partial charge in [-0.3, -0.25) is 9.69 Å². The van der Waals surface area contributed by atoms with Crippen LogP contribution in [0, 0.1) is 5.92 Å². The summed E-state index contributed by atoms with van der Waals surface area (Å²) < 4.78 is 27.1. The molecule has 1 heterocycles. The highest BCUT2D eigenvalue weighted by molar-refractivity contribution is 7.89. The number of sulfonamides is 1. The van der Waals surface area contributed by atoms with Crippen LogP contribution in [0.2, 0.25) is 0 Å². The number of carbonyl (C=O) groups excluding carboxylic acids is 1. The van der Waals surface area contributed by atoms with Crippen molar-refractivity contribution in [1.82, 2.24) is 14.9 Å². The highest BCUT2D eigenvalue weighted by Gasteiger charge is 2.25. The lowest BCUT2D eigenvalue weighted by molar-refractivity contribution is -0.122. The van der Waals surface area contributed by atoms with Gasteiger partial charge in [-0.05, 0) is 18.8 Å². The first-order valence-electron chi connectivity index (χ1n) is 7.83. The Kier molecular flexibility index (Phi) is 7.62. The number of piperidine rings is 1. The first-order chi connectivity index (χ1) is 9.90. The predicted molar refractivity (Wildman–Crippen MR) is 84.5 cm³/mol. The zero-order valence-electron chi connectivity index (χ0n) is 13.4. The van der Waals surface area contributed by atoms with Gasteiger partial charge in [-0.2, -0.15) is 0 Å². The van der Waals surface area contributed by atoms with Crippen LogP contribution in [0.15, 0.2) is 0 Å². The summed E-state index contributed by atoms with van der Waals surface area (Å²) in [4.78, 5) is 13.4. The monoisotopic (exact) mass is 319 g/mol. The molecule has 1 aliphatic rings. The summed E-state index contributed by atoms with van der Waals surface area (Å²) in [6, 6.07) is 0.00491. The molecule has 1 amide bonds. The second kappa shape index (κ2) is 8.70. The third-order valence-electron chi connectivity index (χ3n) is 4.19. The number of amides is 1. The molecule has 0 spiro atoms. The number of hydrogen-bond donors (Lipinski definition) is 2. The van der Waals surface area contributed by atoms with Crippen LogP contribution in [-0.4, -0.2) is 57.7 Å². The van der Waals surface area contributed by atoms with Gasteiger partial charge in [-0.15, -0.1) is 0 Å². The van der Waals surface area contributed by atoms with E-state index in [0.717, 1.165) is 38.8 Å². The average Bonchev–Trinajstić information content (AvgIpc) is 2.46. The molecule has 7 heteroatoms. The standard InChI is InChI=1S/C14H29N3O3S/c1-4-12(5-2)11-21(19,20)16-13-6-8-17(9-7-13)10-14(18)15-3/h12-13,16H,4-11H2,1-3H3,(H,15,18). The molecule has 2 N–H and O–H groups in total. The van der Waals surface area contributed by atoms with E-state index in [1.807, 2.05) is 13.8 Å². The van der Waals surface area contributed by atoms with Crippen molar-refractivity contribution < 1.29 is 13.2 Å². The van der Waals surface area contributed by atoms with Gasteiger partial charge < -0.3 is 5.32 Å². The van der Waals surface area contributed by atoms with Gasteiger partial charge in [0.25, 0.3) is 0 Å². The third-order valence-corrected chi connectivity index (χ3v) is 5.79. The lowest BCUT2D eigenvalue weighted by Gasteiger charge is -2.31. The van der Waals surface area contributed by atoms with Crippen molar-refractivity contribution in [1.29, 1.82) is 0 Å². The summed E-state index contributed by atoms with van der Waals surface area (Å²) in [6.07, 6.45) is 3.31. The van der Waals surface area contributed by atoms with Gasteiger partial charge in [0.1, 0.15) is 0 Å². The van der Waals surface area contributed by atoms with E-state index in [1.165, 1.54) is 0 Å². The first-order valence-corrected chi connectivity index (χ1v) is 9.48. The molecular weight excluding hydrogens is 290 g/mol. The Bertz CT molecular complexity index is 413. The molecule has 6 nitrogen and oxygen atoms in total. The maximum Gasteiger partial charge on any atom is 0.233 e. The van der Waals surface area contributed by atoms with Crippen molar-refractivity contribution >= 4 is 15.9 Å². The van der Waals surface area contributed by atoms with Crippen LogP contribution in [0.3, 0.4) is 0 Å². The summed E-state index contributed by atoms with van der Waals surface area (Å²) in [7, 11) is -1.57. The van der Waals surface area contributed by atoms with E-state index in [4.69, 9.17) is 0 Å². The topological polar surface area (TPSA) is 78.5 Å². The van der Waals surface area contributed by atoms with Gasteiger partial charge in [0.05, 0.1) is 12.3 Å². The number of likely N-dealkylation sites (tertiary alicyclic amines) is 1. The number of likely N-dealkylation sites (N-methyl/N-ethyl adjacent to an activating group) is 1. The smallest absolute Gasteiger partial charge is 0.233 e. The quantitative estimate of drug-likeness (QED) is 0.685. The molecule has 0 bridgehead atoms. The zero-order valence-corrected chi connectivity index (χ0v) is 14.2. The SMILES string of the molecule is CCC(CC)CS(=O)(=O)NC1CCN(CC(=O)NC)CC1. The molecule has 124 valence electrons. The lowest BCUT2D eigenvalue weighted by Crippen LogP contribution is -2.47. The van der Waals surface area contributed by atoms with Crippen LogP contribution < -0.4 is 10.0 Å². The first kappa shape index (κ1) is 18.4. The van der Waals surface area contributed by atoms with Crippen LogP contribution in [0.1, 0.15) is 39.5 Å². The van der Waals surface area contributed by atoms with E-state index >= 15 is 0 Å². The Hall–Kier alpha value is -0.660. The summed E-state index contributed by atoms with van der Waals surface area (Å²) in [5.41, 5.74) is 0. The molecule has 0 aliphatic carbocycles. The summed E-state index contributed by atoms with van der Waals surface area (Å²) in [6.45, 7) is 5.96. The Morgan fingerprint density at radius 1 is 1.24 bits per heavy atom. The van der Waals surface area contributed by atoms with Crippen molar-refractivity contribution in [2.45, 2.75) is 45.6 Å². The third kappa shape index (κ3) is 6.76. The molecule has 21 heavy (non-hydrogen) atoms. The number of nitrogens with one attached hydrogen (secondary N) is 2. The molecule has 0 aromatic carbocycles. The fourth-order valence-corrected chi connectivity index (χ4v) is 4.56. The van der Waals surface area contributed by atoms with E-state index in [0.29, 0.717) is 6.54 Å². The van der Waals surface area contributed by atoms with E-state index in [-0.39, 0.29) is 23.6 Å². The van der Waals surface area contributed by atoms with Gasteiger partial charge >= 0.3 is 0 Å². The molecule has 0 atom stereocenters. The summed E-state index contributed by atoms with van der Waals surface area (Å²) >= 11 is 0. The number of rotatable bonds is 8. The highest BCUT2D eigenvalue weighted by Crippen LogP contribution is 2.14. The van der Waals surface area contributed by atoms with E-state index in [9.17, 15) is 13.2 Å². The fourth-order valence-electron chi connectivity index (χ4n) is 2.63. The minimum absolute atomic E-state index is 0.00256. The van der Waals surface area contributed by atoms with Crippen molar-refractivity contribution in [2.75, 3.05) is 32.4 Å². The minimum Gasteiger partial charge on any atom is -0.358 e. The molecule has 1 aliphatic heterocycles. The largest absolute Gasteiger partial charge is 0.358 e. The molecular formula is C14H29N3O3S. The average molecular weight is 319 g/mol. The highest BCUT2D eigenvalue weighted by atomic mass is 32.2. The Morgan fingerprint density at radius 2 is 1.81 bits per heavy atom. The van der Waals surface area contributed by atoms with Crippen molar-refractivity contribution in [3.8, 4) is 0 Å². The van der Waals surface area contributed by atoms with Crippen molar-refractivity contribution in [2.24, 2.45) is 5.92 Å². The van der Waals surface area contributed by atoms with E-state index in [1.54, 1.807) is 7.05 Å². The lowest BCUT2D eigenvalue weighted by atomic mass is 10.1.